The molecule has 146 valence electrons. The van der Waals surface area contributed by atoms with Gasteiger partial charge in [-0.2, -0.15) is 0 Å². The van der Waals surface area contributed by atoms with Crippen LogP contribution < -0.4 is 10.2 Å². The van der Waals surface area contributed by atoms with E-state index in [1.807, 2.05) is 18.2 Å². The van der Waals surface area contributed by atoms with Crippen molar-refractivity contribution in [1.82, 2.24) is 4.90 Å². The van der Waals surface area contributed by atoms with Crippen LogP contribution in [-0.4, -0.2) is 42.3 Å². The van der Waals surface area contributed by atoms with Gasteiger partial charge in [0, 0.05) is 43.9 Å². The van der Waals surface area contributed by atoms with E-state index in [2.05, 4.69) is 5.32 Å². The Morgan fingerprint density at radius 3 is 2.57 bits per heavy atom. The summed E-state index contributed by atoms with van der Waals surface area (Å²) in [6.45, 7) is 3.36. The molecule has 0 saturated carbocycles. The predicted octanol–water partition coefficient (Wildman–Crippen LogP) is 2.68. The first-order chi connectivity index (χ1) is 13.5. The second-order valence-electron chi connectivity index (χ2n) is 7.33. The van der Waals surface area contributed by atoms with Crippen molar-refractivity contribution in [2.75, 3.05) is 29.9 Å². The van der Waals surface area contributed by atoms with Gasteiger partial charge in [0.05, 0.1) is 11.8 Å². The summed E-state index contributed by atoms with van der Waals surface area (Å²) in [5.74, 6) is -0.152. The SMILES string of the molecule is CC(=O)N1CCc2cc(NC(=O)C3CCN(C(=O)c4ccoc4)CC3)ccc21. The van der Waals surface area contributed by atoms with Crippen molar-refractivity contribution >= 4 is 29.1 Å². The standard InChI is InChI=1S/C21H23N3O4/c1-14(25)24-10-6-16-12-18(2-3-19(16)24)22-20(26)15-4-8-23(9-5-15)21(27)17-7-11-28-13-17/h2-3,7,11-13,15H,4-6,8-10H2,1H3,(H,22,26). The average Bonchev–Trinajstić information content (AvgIpc) is 3.37. The van der Waals surface area contributed by atoms with Crippen molar-refractivity contribution in [1.29, 1.82) is 0 Å². The van der Waals surface area contributed by atoms with Crippen molar-refractivity contribution in [2.24, 2.45) is 5.92 Å². The van der Waals surface area contributed by atoms with E-state index in [0.717, 1.165) is 23.4 Å². The normalized spacial score (nSPS) is 16.8. The van der Waals surface area contributed by atoms with Crippen LogP contribution in [0.2, 0.25) is 0 Å². The number of likely N-dealkylation sites (tertiary alicyclic amines) is 1. The van der Waals surface area contributed by atoms with Gasteiger partial charge < -0.3 is 19.5 Å². The highest BCUT2D eigenvalue weighted by molar-refractivity contribution is 5.97. The lowest BCUT2D eigenvalue weighted by molar-refractivity contribution is -0.121. The van der Waals surface area contributed by atoms with E-state index in [1.165, 1.54) is 12.5 Å². The highest BCUT2D eigenvalue weighted by Gasteiger charge is 2.29. The van der Waals surface area contributed by atoms with Crippen LogP contribution in [-0.2, 0) is 16.0 Å². The van der Waals surface area contributed by atoms with E-state index in [1.54, 1.807) is 22.8 Å². The minimum Gasteiger partial charge on any atom is -0.472 e. The van der Waals surface area contributed by atoms with E-state index in [-0.39, 0.29) is 23.6 Å². The second kappa shape index (κ2) is 7.50. The number of amides is 3. The van der Waals surface area contributed by atoms with Crippen LogP contribution in [0.1, 0.15) is 35.7 Å². The molecular formula is C21H23N3O4. The molecule has 1 N–H and O–H groups in total. The Morgan fingerprint density at radius 1 is 1.11 bits per heavy atom. The smallest absolute Gasteiger partial charge is 0.257 e. The molecule has 7 heteroatoms. The van der Waals surface area contributed by atoms with Crippen LogP contribution in [0, 0.1) is 5.92 Å². The van der Waals surface area contributed by atoms with Crippen LogP contribution in [0.25, 0.3) is 0 Å². The number of furan rings is 1. The molecule has 7 nitrogen and oxygen atoms in total. The number of fused-ring (bicyclic) bond motifs is 1. The lowest BCUT2D eigenvalue weighted by Gasteiger charge is -2.31. The van der Waals surface area contributed by atoms with Gasteiger partial charge in [-0.05, 0) is 49.1 Å². The summed E-state index contributed by atoms with van der Waals surface area (Å²) in [4.78, 5) is 40.2. The molecule has 28 heavy (non-hydrogen) atoms. The van der Waals surface area contributed by atoms with Gasteiger partial charge in [-0.15, -0.1) is 0 Å². The summed E-state index contributed by atoms with van der Waals surface area (Å²) < 4.78 is 4.97. The zero-order chi connectivity index (χ0) is 19.7. The Morgan fingerprint density at radius 2 is 1.89 bits per heavy atom. The van der Waals surface area contributed by atoms with Crippen molar-refractivity contribution in [3.63, 3.8) is 0 Å². The molecule has 0 unspecified atom stereocenters. The van der Waals surface area contributed by atoms with Gasteiger partial charge in [0.1, 0.15) is 6.26 Å². The van der Waals surface area contributed by atoms with Crippen LogP contribution >= 0.6 is 0 Å². The molecule has 1 saturated heterocycles. The molecule has 0 bridgehead atoms. The Bertz CT molecular complexity index is 898. The molecule has 2 aliphatic rings. The fourth-order valence-corrected chi connectivity index (χ4v) is 3.96. The number of rotatable bonds is 3. The molecule has 0 aliphatic carbocycles. The minimum atomic E-state index is -0.115. The van der Waals surface area contributed by atoms with Gasteiger partial charge in [-0.1, -0.05) is 0 Å². The van der Waals surface area contributed by atoms with Crippen LogP contribution in [0.4, 0.5) is 11.4 Å². The quantitative estimate of drug-likeness (QED) is 0.886. The first-order valence-electron chi connectivity index (χ1n) is 9.56. The number of carbonyl (C=O) groups excluding carboxylic acids is 3. The Balaban J connectivity index is 1.34. The van der Waals surface area contributed by atoms with Crippen LogP contribution in [0.3, 0.4) is 0 Å². The second-order valence-corrected chi connectivity index (χ2v) is 7.33. The molecule has 1 aromatic carbocycles. The molecule has 2 aliphatic heterocycles. The molecule has 0 spiro atoms. The molecule has 3 amide bonds. The average molecular weight is 381 g/mol. The minimum absolute atomic E-state index is 0.0169. The number of piperidine rings is 1. The number of hydrogen-bond donors (Lipinski definition) is 1. The number of carbonyl (C=O) groups is 3. The van der Waals surface area contributed by atoms with Crippen molar-refractivity contribution < 1.29 is 18.8 Å². The summed E-state index contributed by atoms with van der Waals surface area (Å²) in [5, 5.41) is 3.00. The number of anilines is 2. The Hall–Kier alpha value is -3.09. The first-order valence-corrected chi connectivity index (χ1v) is 9.56. The van der Waals surface area contributed by atoms with Gasteiger partial charge in [-0.3, -0.25) is 14.4 Å². The van der Waals surface area contributed by atoms with E-state index in [9.17, 15) is 14.4 Å². The zero-order valence-corrected chi connectivity index (χ0v) is 15.8. The summed E-state index contributed by atoms with van der Waals surface area (Å²) in [7, 11) is 0. The maximum Gasteiger partial charge on any atom is 0.257 e. The molecule has 0 radical (unpaired) electrons. The maximum absolute atomic E-state index is 12.7. The van der Waals surface area contributed by atoms with E-state index in [0.29, 0.717) is 38.0 Å². The van der Waals surface area contributed by atoms with E-state index in [4.69, 9.17) is 4.42 Å². The largest absolute Gasteiger partial charge is 0.472 e. The van der Waals surface area contributed by atoms with Crippen LogP contribution in [0.15, 0.2) is 41.2 Å². The highest BCUT2D eigenvalue weighted by Crippen LogP contribution is 2.31. The van der Waals surface area contributed by atoms with E-state index >= 15 is 0 Å². The third-order valence-corrected chi connectivity index (χ3v) is 5.54. The summed E-state index contributed by atoms with van der Waals surface area (Å²) in [6.07, 6.45) is 5.01. The topological polar surface area (TPSA) is 82.9 Å². The molecule has 2 aromatic rings. The van der Waals surface area contributed by atoms with Crippen molar-refractivity contribution in [3.8, 4) is 0 Å². The molecule has 3 heterocycles. The fraction of sp³-hybridized carbons (Fsp3) is 0.381. The molecule has 1 fully saturated rings. The molecule has 1 aromatic heterocycles. The lowest BCUT2D eigenvalue weighted by atomic mass is 9.95. The lowest BCUT2D eigenvalue weighted by Crippen LogP contribution is -2.41. The molecule has 0 atom stereocenters. The van der Waals surface area contributed by atoms with Gasteiger partial charge >= 0.3 is 0 Å². The maximum atomic E-state index is 12.7. The van der Waals surface area contributed by atoms with Gasteiger partial charge in [0.15, 0.2) is 0 Å². The van der Waals surface area contributed by atoms with Gasteiger partial charge in [0.25, 0.3) is 5.91 Å². The monoisotopic (exact) mass is 381 g/mol. The summed E-state index contributed by atoms with van der Waals surface area (Å²) >= 11 is 0. The van der Waals surface area contributed by atoms with Crippen molar-refractivity contribution in [2.45, 2.75) is 26.2 Å². The molecular weight excluding hydrogens is 358 g/mol. The Labute approximate surface area is 163 Å². The number of hydrogen-bond acceptors (Lipinski definition) is 4. The summed E-state index contributed by atoms with van der Waals surface area (Å²) in [5.41, 5.74) is 3.30. The van der Waals surface area contributed by atoms with Gasteiger partial charge in [0.2, 0.25) is 11.8 Å². The van der Waals surface area contributed by atoms with Crippen molar-refractivity contribution in [3.05, 3.63) is 47.9 Å². The summed E-state index contributed by atoms with van der Waals surface area (Å²) in [6, 6.07) is 7.34. The third-order valence-electron chi connectivity index (χ3n) is 5.54. The number of nitrogens with zero attached hydrogens (tertiary/aromatic N) is 2. The van der Waals surface area contributed by atoms with Gasteiger partial charge in [-0.25, -0.2) is 0 Å². The zero-order valence-electron chi connectivity index (χ0n) is 15.8. The fourth-order valence-electron chi connectivity index (χ4n) is 3.96. The predicted molar refractivity (Wildman–Crippen MR) is 104 cm³/mol. The first kappa shape index (κ1) is 18.3. The number of nitrogens with one attached hydrogen (secondary N) is 1. The number of benzene rings is 1. The molecule has 4 rings (SSSR count). The third kappa shape index (κ3) is 3.52. The van der Waals surface area contributed by atoms with Crippen LogP contribution in [0.5, 0.6) is 0 Å². The highest BCUT2D eigenvalue weighted by atomic mass is 16.3. The Kier molecular flexibility index (Phi) is 4.90. The van der Waals surface area contributed by atoms with E-state index < -0.39 is 0 Å².